The summed E-state index contributed by atoms with van der Waals surface area (Å²) in [6.45, 7) is 4.12. The van der Waals surface area contributed by atoms with Gasteiger partial charge in [-0.1, -0.05) is 48.5 Å². The fraction of sp³-hybridized carbons (Fsp3) is 0.320. The second-order valence-electron chi connectivity index (χ2n) is 8.11. The molecule has 2 aromatic carbocycles. The zero-order chi connectivity index (χ0) is 21.0. The Morgan fingerprint density at radius 1 is 1.00 bits per heavy atom. The SMILES string of the molecule is O=C1CC(c2ccccc2OCc2ccccc2)Cc2nc(N3CCNCC3)ncc21. The van der Waals surface area contributed by atoms with E-state index in [1.165, 1.54) is 0 Å². The molecule has 6 heteroatoms. The van der Waals surface area contributed by atoms with Crippen LogP contribution in [0.15, 0.2) is 60.8 Å². The van der Waals surface area contributed by atoms with E-state index in [1.807, 2.05) is 36.4 Å². The number of carbonyl (C=O) groups excluding carboxylic acids is 1. The van der Waals surface area contributed by atoms with Gasteiger partial charge < -0.3 is 15.0 Å². The molecular weight excluding hydrogens is 388 g/mol. The fourth-order valence-corrected chi connectivity index (χ4v) is 4.36. The number of piperazine rings is 1. The summed E-state index contributed by atoms with van der Waals surface area (Å²) in [4.78, 5) is 24.4. The lowest BCUT2D eigenvalue weighted by molar-refractivity contribution is 0.0962. The van der Waals surface area contributed by atoms with Crippen LogP contribution >= 0.6 is 0 Å². The molecule has 31 heavy (non-hydrogen) atoms. The Labute approximate surface area is 182 Å². The van der Waals surface area contributed by atoms with Crippen LogP contribution in [-0.2, 0) is 13.0 Å². The monoisotopic (exact) mass is 414 g/mol. The van der Waals surface area contributed by atoms with Gasteiger partial charge in [0, 0.05) is 44.7 Å². The number of hydrogen-bond donors (Lipinski definition) is 1. The number of Topliss-reactive ketones (excluding diaryl/α,β-unsaturated/α-hetero) is 1. The van der Waals surface area contributed by atoms with Crippen LogP contribution in [0, 0.1) is 0 Å². The van der Waals surface area contributed by atoms with Gasteiger partial charge >= 0.3 is 0 Å². The van der Waals surface area contributed by atoms with E-state index in [4.69, 9.17) is 9.72 Å². The largest absolute Gasteiger partial charge is 0.489 e. The van der Waals surface area contributed by atoms with E-state index in [-0.39, 0.29) is 11.7 Å². The van der Waals surface area contributed by atoms with Gasteiger partial charge in [-0.05, 0) is 23.6 Å². The van der Waals surface area contributed by atoms with E-state index in [0.29, 0.717) is 25.0 Å². The molecule has 1 N–H and O–H groups in total. The van der Waals surface area contributed by atoms with Gasteiger partial charge in [0.15, 0.2) is 5.78 Å². The zero-order valence-corrected chi connectivity index (χ0v) is 17.5. The second-order valence-corrected chi connectivity index (χ2v) is 8.11. The van der Waals surface area contributed by atoms with Gasteiger partial charge in [-0.15, -0.1) is 0 Å². The number of aromatic nitrogens is 2. The number of rotatable bonds is 5. The number of nitrogens with zero attached hydrogens (tertiary/aromatic N) is 3. The number of fused-ring (bicyclic) bond motifs is 1. The highest BCUT2D eigenvalue weighted by molar-refractivity contribution is 5.98. The molecular formula is C25H26N4O2. The molecule has 0 bridgehead atoms. The first-order valence-corrected chi connectivity index (χ1v) is 10.9. The smallest absolute Gasteiger partial charge is 0.225 e. The Morgan fingerprint density at radius 3 is 2.61 bits per heavy atom. The number of anilines is 1. The molecule has 1 unspecified atom stereocenters. The van der Waals surface area contributed by atoms with E-state index >= 15 is 0 Å². The number of hydrogen-bond acceptors (Lipinski definition) is 6. The number of ether oxygens (including phenoxy) is 1. The van der Waals surface area contributed by atoms with Crippen LogP contribution in [0.1, 0.15) is 39.5 Å². The second kappa shape index (κ2) is 8.86. The fourth-order valence-electron chi connectivity index (χ4n) is 4.36. The molecule has 0 spiro atoms. The van der Waals surface area contributed by atoms with Crippen molar-refractivity contribution in [2.24, 2.45) is 0 Å². The summed E-state index contributed by atoms with van der Waals surface area (Å²) in [6.07, 6.45) is 2.89. The Balaban J connectivity index is 1.38. The van der Waals surface area contributed by atoms with Gasteiger partial charge in [-0.2, -0.15) is 0 Å². The van der Waals surface area contributed by atoms with Gasteiger partial charge in [-0.25, -0.2) is 9.97 Å². The van der Waals surface area contributed by atoms with E-state index in [9.17, 15) is 4.79 Å². The maximum Gasteiger partial charge on any atom is 0.225 e. The molecule has 1 aliphatic heterocycles. The Morgan fingerprint density at radius 2 is 1.77 bits per heavy atom. The van der Waals surface area contributed by atoms with Gasteiger partial charge in [0.2, 0.25) is 5.95 Å². The number of para-hydroxylation sites is 1. The van der Waals surface area contributed by atoms with Gasteiger partial charge in [0.1, 0.15) is 12.4 Å². The minimum Gasteiger partial charge on any atom is -0.489 e. The minimum absolute atomic E-state index is 0.0535. The van der Waals surface area contributed by atoms with Crippen molar-refractivity contribution in [3.8, 4) is 5.75 Å². The third-order valence-corrected chi connectivity index (χ3v) is 6.02. The Hall–Kier alpha value is -3.25. The summed E-state index contributed by atoms with van der Waals surface area (Å²) in [5.74, 6) is 1.72. The molecule has 6 nitrogen and oxygen atoms in total. The zero-order valence-electron chi connectivity index (χ0n) is 17.5. The van der Waals surface area contributed by atoms with E-state index in [2.05, 4.69) is 33.4 Å². The third-order valence-electron chi connectivity index (χ3n) is 6.02. The van der Waals surface area contributed by atoms with Crippen molar-refractivity contribution < 1.29 is 9.53 Å². The molecule has 1 aliphatic carbocycles. The molecule has 2 heterocycles. The predicted molar refractivity (Wildman–Crippen MR) is 120 cm³/mol. The van der Waals surface area contributed by atoms with Crippen molar-refractivity contribution in [1.82, 2.24) is 15.3 Å². The molecule has 1 atom stereocenters. The van der Waals surface area contributed by atoms with Gasteiger partial charge in [0.05, 0.1) is 11.3 Å². The van der Waals surface area contributed by atoms with Crippen LogP contribution in [0.5, 0.6) is 5.75 Å². The molecule has 1 aromatic heterocycles. The van der Waals surface area contributed by atoms with Crippen LogP contribution in [0.2, 0.25) is 0 Å². The number of carbonyl (C=O) groups is 1. The maximum atomic E-state index is 12.9. The van der Waals surface area contributed by atoms with Crippen LogP contribution < -0.4 is 15.0 Å². The third kappa shape index (κ3) is 4.30. The number of ketones is 1. The van der Waals surface area contributed by atoms with Crippen molar-refractivity contribution >= 4 is 11.7 Å². The summed E-state index contributed by atoms with van der Waals surface area (Å²) in [7, 11) is 0. The maximum absolute atomic E-state index is 12.9. The molecule has 2 aliphatic rings. The van der Waals surface area contributed by atoms with E-state index in [1.54, 1.807) is 6.20 Å². The lowest BCUT2D eigenvalue weighted by atomic mass is 9.82. The Bertz CT molecular complexity index is 1060. The quantitative estimate of drug-likeness (QED) is 0.690. The topological polar surface area (TPSA) is 67.3 Å². The predicted octanol–water partition coefficient (Wildman–Crippen LogP) is 3.38. The highest BCUT2D eigenvalue weighted by atomic mass is 16.5. The molecule has 0 radical (unpaired) electrons. The number of nitrogens with one attached hydrogen (secondary N) is 1. The molecule has 0 saturated carbocycles. The molecule has 1 saturated heterocycles. The molecule has 3 aromatic rings. The average Bonchev–Trinajstić information content (AvgIpc) is 2.84. The van der Waals surface area contributed by atoms with Crippen molar-refractivity contribution in [2.45, 2.75) is 25.4 Å². The molecule has 158 valence electrons. The molecule has 0 amide bonds. The van der Waals surface area contributed by atoms with Gasteiger partial charge in [-0.3, -0.25) is 4.79 Å². The van der Waals surface area contributed by atoms with Crippen LogP contribution in [0.3, 0.4) is 0 Å². The van der Waals surface area contributed by atoms with Crippen molar-refractivity contribution in [3.63, 3.8) is 0 Å². The van der Waals surface area contributed by atoms with Crippen LogP contribution in [0.25, 0.3) is 0 Å². The summed E-state index contributed by atoms with van der Waals surface area (Å²) < 4.78 is 6.16. The minimum atomic E-state index is 0.0535. The normalized spacial score (nSPS) is 18.5. The standard InChI is InChI=1S/C25H26N4O2/c30-23-15-19(14-22-21(23)16-27-25(28-22)29-12-10-26-11-13-29)20-8-4-5-9-24(20)31-17-18-6-2-1-3-7-18/h1-9,16,19,26H,10-15,17H2. The first-order valence-electron chi connectivity index (χ1n) is 10.9. The highest BCUT2D eigenvalue weighted by Crippen LogP contribution is 2.37. The molecule has 1 fully saturated rings. The lowest BCUT2D eigenvalue weighted by Crippen LogP contribution is -2.44. The van der Waals surface area contributed by atoms with Crippen LogP contribution in [0.4, 0.5) is 5.95 Å². The van der Waals surface area contributed by atoms with Gasteiger partial charge in [0.25, 0.3) is 0 Å². The lowest BCUT2D eigenvalue weighted by Gasteiger charge is -2.29. The van der Waals surface area contributed by atoms with Crippen molar-refractivity contribution in [3.05, 3.63) is 83.2 Å². The summed E-state index contributed by atoms with van der Waals surface area (Å²) in [6, 6.07) is 18.2. The number of benzene rings is 2. The van der Waals surface area contributed by atoms with E-state index < -0.39 is 0 Å². The summed E-state index contributed by atoms with van der Waals surface area (Å²) >= 11 is 0. The van der Waals surface area contributed by atoms with Crippen molar-refractivity contribution in [1.29, 1.82) is 0 Å². The first-order chi connectivity index (χ1) is 15.3. The molecule has 5 rings (SSSR count). The average molecular weight is 415 g/mol. The van der Waals surface area contributed by atoms with E-state index in [0.717, 1.165) is 54.7 Å². The Kier molecular flexibility index (Phi) is 5.63. The first kappa shape index (κ1) is 19.7. The van der Waals surface area contributed by atoms with Crippen LogP contribution in [-0.4, -0.2) is 41.9 Å². The van der Waals surface area contributed by atoms with Crippen molar-refractivity contribution in [2.75, 3.05) is 31.1 Å². The summed E-state index contributed by atoms with van der Waals surface area (Å²) in [5, 5.41) is 3.35. The highest BCUT2D eigenvalue weighted by Gasteiger charge is 2.30. The summed E-state index contributed by atoms with van der Waals surface area (Å²) in [5.41, 5.74) is 3.70.